The normalized spacial score (nSPS) is 10.4. The number of para-hydroxylation sites is 2. The molecule has 0 spiro atoms. The molecule has 0 saturated heterocycles. The highest BCUT2D eigenvalue weighted by atomic mass is 16.5. The molecule has 4 nitrogen and oxygen atoms in total. The molecule has 94 valence electrons. The van der Waals surface area contributed by atoms with Gasteiger partial charge in [-0.25, -0.2) is 4.98 Å². The lowest BCUT2D eigenvalue weighted by molar-refractivity contribution is 0.231. The Morgan fingerprint density at radius 1 is 1.06 bits per heavy atom. The predicted octanol–water partition coefficient (Wildman–Crippen LogP) is 3.24. The van der Waals surface area contributed by atoms with E-state index in [0.717, 1.165) is 0 Å². The molecule has 18 heavy (non-hydrogen) atoms. The summed E-state index contributed by atoms with van der Waals surface area (Å²) in [6.45, 7) is 3.90. The molecule has 1 aromatic carbocycles. The van der Waals surface area contributed by atoms with Crippen molar-refractivity contribution in [2.24, 2.45) is 0 Å². The van der Waals surface area contributed by atoms with Gasteiger partial charge in [0.05, 0.1) is 11.8 Å². The minimum absolute atomic E-state index is 0.0599. The van der Waals surface area contributed by atoms with E-state index in [1.54, 1.807) is 24.4 Å². The molecule has 1 aromatic heterocycles. The van der Waals surface area contributed by atoms with E-state index in [-0.39, 0.29) is 6.10 Å². The summed E-state index contributed by atoms with van der Waals surface area (Å²) < 4.78 is 11.3. The summed E-state index contributed by atoms with van der Waals surface area (Å²) in [7, 11) is 0. The molecule has 2 N–H and O–H groups in total. The fourth-order valence-electron chi connectivity index (χ4n) is 1.47. The van der Waals surface area contributed by atoms with Crippen LogP contribution in [0.4, 0.5) is 5.69 Å². The highest BCUT2D eigenvalue weighted by Gasteiger charge is 2.10. The average Bonchev–Trinajstić information content (AvgIpc) is 2.34. The summed E-state index contributed by atoms with van der Waals surface area (Å²) in [5.41, 5.74) is 6.39. The fourth-order valence-corrected chi connectivity index (χ4v) is 1.47. The second-order valence-corrected chi connectivity index (χ2v) is 4.11. The molecule has 4 heteroatoms. The van der Waals surface area contributed by atoms with Gasteiger partial charge in [0.15, 0.2) is 11.5 Å². The highest BCUT2D eigenvalue weighted by molar-refractivity contribution is 5.53. The van der Waals surface area contributed by atoms with Crippen LogP contribution in [0.25, 0.3) is 0 Å². The molecular weight excluding hydrogens is 228 g/mol. The number of nitrogens with zero attached hydrogens (tertiary/aromatic N) is 1. The maximum Gasteiger partial charge on any atom is 0.262 e. The standard InChI is InChI=1S/C14H16N2O2/c1-10(2)17-13-8-5-9-16-14(13)18-12-7-4-3-6-11(12)15/h3-10H,15H2,1-2H3. The van der Waals surface area contributed by atoms with Crippen molar-refractivity contribution in [2.45, 2.75) is 20.0 Å². The molecule has 1 heterocycles. The van der Waals surface area contributed by atoms with Gasteiger partial charge < -0.3 is 15.2 Å². The number of pyridine rings is 1. The predicted molar refractivity (Wildman–Crippen MR) is 70.9 cm³/mol. The van der Waals surface area contributed by atoms with Crippen molar-refractivity contribution in [1.82, 2.24) is 4.98 Å². The quantitative estimate of drug-likeness (QED) is 0.839. The van der Waals surface area contributed by atoms with Crippen LogP contribution in [0.5, 0.6) is 17.4 Å². The Balaban J connectivity index is 2.26. The van der Waals surface area contributed by atoms with Gasteiger partial charge in [-0.15, -0.1) is 0 Å². The Bertz CT molecular complexity index is 527. The van der Waals surface area contributed by atoms with Crippen molar-refractivity contribution in [3.63, 3.8) is 0 Å². The summed E-state index contributed by atoms with van der Waals surface area (Å²) in [5.74, 6) is 1.60. The highest BCUT2D eigenvalue weighted by Crippen LogP contribution is 2.32. The maximum atomic E-state index is 5.83. The number of aromatic nitrogens is 1. The van der Waals surface area contributed by atoms with Crippen molar-refractivity contribution in [3.05, 3.63) is 42.6 Å². The van der Waals surface area contributed by atoms with Crippen molar-refractivity contribution in [3.8, 4) is 17.4 Å². The van der Waals surface area contributed by atoms with E-state index in [4.69, 9.17) is 15.2 Å². The summed E-state index contributed by atoms with van der Waals surface area (Å²) in [4.78, 5) is 4.17. The van der Waals surface area contributed by atoms with E-state index in [0.29, 0.717) is 23.1 Å². The second-order valence-electron chi connectivity index (χ2n) is 4.11. The summed E-state index contributed by atoms with van der Waals surface area (Å²) in [6, 6.07) is 10.9. The number of hydrogen-bond acceptors (Lipinski definition) is 4. The zero-order valence-corrected chi connectivity index (χ0v) is 10.5. The first kappa shape index (κ1) is 12.2. The number of benzene rings is 1. The first-order valence-electron chi connectivity index (χ1n) is 5.81. The van der Waals surface area contributed by atoms with Crippen LogP contribution in [0.1, 0.15) is 13.8 Å². The van der Waals surface area contributed by atoms with Gasteiger partial charge >= 0.3 is 0 Å². The molecule has 0 radical (unpaired) electrons. The van der Waals surface area contributed by atoms with Crippen LogP contribution in [0.2, 0.25) is 0 Å². The molecule has 0 unspecified atom stereocenters. The lowest BCUT2D eigenvalue weighted by Gasteiger charge is -2.14. The van der Waals surface area contributed by atoms with Crippen LogP contribution in [-0.2, 0) is 0 Å². The van der Waals surface area contributed by atoms with Crippen molar-refractivity contribution in [2.75, 3.05) is 5.73 Å². The van der Waals surface area contributed by atoms with Crippen LogP contribution < -0.4 is 15.2 Å². The molecule has 0 atom stereocenters. The van der Waals surface area contributed by atoms with E-state index < -0.39 is 0 Å². The van der Waals surface area contributed by atoms with Crippen LogP contribution in [0.15, 0.2) is 42.6 Å². The Morgan fingerprint density at radius 3 is 2.50 bits per heavy atom. The lowest BCUT2D eigenvalue weighted by Crippen LogP contribution is -2.07. The van der Waals surface area contributed by atoms with E-state index >= 15 is 0 Å². The first-order chi connectivity index (χ1) is 8.66. The Kier molecular flexibility index (Phi) is 3.67. The number of rotatable bonds is 4. The molecule has 0 amide bonds. The lowest BCUT2D eigenvalue weighted by atomic mass is 10.3. The van der Waals surface area contributed by atoms with Crippen molar-refractivity contribution >= 4 is 5.69 Å². The summed E-state index contributed by atoms with van der Waals surface area (Å²) >= 11 is 0. The van der Waals surface area contributed by atoms with Gasteiger partial charge in [-0.2, -0.15) is 0 Å². The average molecular weight is 244 g/mol. The third-order valence-electron chi connectivity index (χ3n) is 2.22. The Labute approximate surface area is 106 Å². The van der Waals surface area contributed by atoms with Crippen LogP contribution in [-0.4, -0.2) is 11.1 Å². The Morgan fingerprint density at radius 2 is 1.78 bits per heavy atom. The van der Waals surface area contributed by atoms with Crippen molar-refractivity contribution in [1.29, 1.82) is 0 Å². The SMILES string of the molecule is CC(C)Oc1cccnc1Oc1ccccc1N. The number of hydrogen-bond donors (Lipinski definition) is 1. The molecule has 2 aromatic rings. The smallest absolute Gasteiger partial charge is 0.262 e. The molecule has 2 rings (SSSR count). The monoisotopic (exact) mass is 244 g/mol. The van der Waals surface area contributed by atoms with E-state index in [1.165, 1.54) is 0 Å². The first-order valence-corrected chi connectivity index (χ1v) is 5.81. The third kappa shape index (κ3) is 2.91. The molecule has 0 saturated carbocycles. The molecule has 0 bridgehead atoms. The summed E-state index contributed by atoms with van der Waals surface area (Å²) in [6.07, 6.45) is 1.71. The third-order valence-corrected chi connectivity index (χ3v) is 2.22. The molecule has 0 aliphatic carbocycles. The van der Waals surface area contributed by atoms with Gasteiger partial charge in [0.1, 0.15) is 0 Å². The number of anilines is 1. The molecule has 0 aliphatic rings. The van der Waals surface area contributed by atoms with Gasteiger partial charge in [-0.1, -0.05) is 12.1 Å². The Hall–Kier alpha value is -2.23. The minimum Gasteiger partial charge on any atom is -0.485 e. The van der Waals surface area contributed by atoms with Crippen molar-refractivity contribution < 1.29 is 9.47 Å². The zero-order chi connectivity index (χ0) is 13.0. The van der Waals surface area contributed by atoms with E-state index in [1.807, 2.05) is 32.0 Å². The van der Waals surface area contributed by atoms with E-state index in [2.05, 4.69) is 4.98 Å². The van der Waals surface area contributed by atoms with Gasteiger partial charge in [-0.05, 0) is 38.1 Å². The fraction of sp³-hybridized carbons (Fsp3) is 0.214. The van der Waals surface area contributed by atoms with Gasteiger partial charge in [0.25, 0.3) is 5.88 Å². The number of nitrogen functional groups attached to an aromatic ring is 1. The summed E-state index contributed by atoms with van der Waals surface area (Å²) in [5, 5.41) is 0. The van der Waals surface area contributed by atoms with Gasteiger partial charge in [0, 0.05) is 6.20 Å². The maximum absolute atomic E-state index is 5.83. The molecule has 0 aliphatic heterocycles. The zero-order valence-electron chi connectivity index (χ0n) is 10.5. The minimum atomic E-state index is 0.0599. The number of nitrogens with two attached hydrogens (primary N) is 1. The second kappa shape index (κ2) is 5.40. The van der Waals surface area contributed by atoms with Gasteiger partial charge in [0.2, 0.25) is 0 Å². The van der Waals surface area contributed by atoms with Crippen LogP contribution in [0, 0.1) is 0 Å². The molecular formula is C14H16N2O2. The largest absolute Gasteiger partial charge is 0.485 e. The number of ether oxygens (including phenoxy) is 2. The van der Waals surface area contributed by atoms with Crippen LogP contribution >= 0.6 is 0 Å². The topological polar surface area (TPSA) is 57.4 Å². The van der Waals surface area contributed by atoms with E-state index in [9.17, 15) is 0 Å². The van der Waals surface area contributed by atoms with Crippen LogP contribution in [0.3, 0.4) is 0 Å². The molecule has 0 fully saturated rings. The van der Waals surface area contributed by atoms with Gasteiger partial charge in [-0.3, -0.25) is 0 Å².